The highest BCUT2D eigenvalue weighted by molar-refractivity contribution is 5.93. The molecule has 6 heteroatoms. The molecule has 1 aromatic rings. The van der Waals surface area contributed by atoms with Gasteiger partial charge in [0.15, 0.2) is 0 Å². The van der Waals surface area contributed by atoms with Crippen molar-refractivity contribution in [3.05, 3.63) is 24.3 Å². The van der Waals surface area contributed by atoms with Crippen LogP contribution in [0.2, 0.25) is 0 Å². The molecule has 0 saturated heterocycles. The van der Waals surface area contributed by atoms with Gasteiger partial charge in [0, 0.05) is 12.5 Å². The second kappa shape index (κ2) is 8.16. The van der Waals surface area contributed by atoms with Crippen molar-refractivity contribution >= 4 is 17.5 Å². The molecule has 4 N–H and O–H groups in total. The van der Waals surface area contributed by atoms with E-state index in [1.54, 1.807) is 31.3 Å². The van der Waals surface area contributed by atoms with Crippen LogP contribution in [-0.4, -0.2) is 32.0 Å². The van der Waals surface area contributed by atoms with Gasteiger partial charge in [-0.25, -0.2) is 0 Å². The van der Waals surface area contributed by atoms with Gasteiger partial charge in [0.2, 0.25) is 11.8 Å². The molecule has 0 aromatic heterocycles. The zero-order chi connectivity index (χ0) is 15.0. The summed E-state index contributed by atoms with van der Waals surface area (Å²) in [6.07, 6.45) is 0.137. The summed E-state index contributed by atoms with van der Waals surface area (Å²) in [7, 11) is 1.80. The number of ether oxygens (including phenoxy) is 1. The second-order valence-electron chi connectivity index (χ2n) is 4.51. The molecule has 0 aliphatic rings. The normalized spacial score (nSPS) is 11.7. The number of nitrogens with two attached hydrogens (primary N) is 1. The molecule has 0 heterocycles. The van der Waals surface area contributed by atoms with Crippen LogP contribution in [0.4, 0.5) is 5.69 Å². The van der Waals surface area contributed by atoms with E-state index in [1.807, 2.05) is 6.92 Å². The molecule has 6 nitrogen and oxygen atoms in total. The number of primary amides is 1. The van der Waals surface area contributed by atoms with E-state index < -0.39 is 5.91 Å². The van der Waals surface area contributed by atoms with Gasteiger partial charge in [0.1, 0.15) is 5.75 Å². The van der Waals surface area contributed by atoms with Crippen molar-refractivity contribution < 1.29 is 14.3 Å². The van der Waals surface area contributed by atoms with Crippen LogP contribution in [0.5, 0.6) is 5.75 Å². The summed E-state index contributed by atoms with van der Waals surface area (Å²) in [5.41, 5.74) is 5.64. The van der Waals surface area contributed by atoms with Crippen molar-refractivity contribution in [3.63, 3.8) is 0 Å². The molecule has 0 fully saturated rings. The van der Waals surface area contributed by atoms with Crippen LogP contribution < -0.4 is 21.1 Å². The maximum Gasteiger partial charge on any atom is 0.228 e. The van der Waals surface area contributed by atoms with Crippen LogP contribution >= 0.6 is 0 Å². The molecule has 1 aromatic carbocycles. The highest BCUT2D eigenvalue weighted by Crippen LogP contribution is 2.24. The van der Waals surface area contributed by atoms with Gasteiger partial charge in [0.25, 0.3) is 0 Å². The fourth-order valence-corrected chi connectivity index (χ4v) is 1.61. The van der Waals surface area contributed by atoms with Gasteiger partial charge in [-0.1, -0.05) is 19.1 Å². The summed E-state index contributed by atoms with van der Waals surface area (Å²) < 4.78 is 5.46. The monoisotopic (exact) mass is 279 g/mol. The summed E-state index contributed by atoms with van der Waals surface area (Å²) >= 11 is 0. The maximum absolute atomic E-state index is 12.0. The Morgan fingerprint density at radius 2 is 2.05 bits per heavy atom. The van der Waals surface area contributed by atoms with Crippen molar-refractivity contribution in [3.8, 4) is 5.75 Å². The third-order valence-corrected chi connectivity index (χ3v) is 2.71. The number of amides is 2. The van der Waals surface area contributed by atoms with Crippen molar-refractivity contribution in [1.82, 2.24) is 5.32 Å². The summed E-state index contributed by atoms with van der Waals surface area (Å²) in [6, 6.07) is 7.09. The topological polar surface area (TPSA) is 93.4 Å². The SMILES string of the molecule is CNCC(C)C(=O)Nc1ccccc1OCCC(N)=O. The molecule has 110 valence electrons. The number of anilines is 1. The predicted octanol–water partition coefficient (Wildman–Crippen LogP) is 0.735. The fourth-order valence-electron chi connectivity index (χ4n) is 1.61. The molecular weight excluding hydrogens is 258 g/mol. The quantitative estimate of drug-likeness (QED) is 0.654. The number of carbonyl (C=O) groups is 2. The van der Waals surface area contributed by atoms with Crippen LogP contribution in [-0.2, 0) is 9.59 Å². The Kier molecular flexibility index (Phi) is 6.52. The third-order valence-electron chi connectivity index (χ3n) is 2.71. The van der Waals surface area contributed by atoms with E-state index in [9.17, 15) is 9.59 Å². The Balaban J connectivity index is 2.65. The molecule has 0 aliphatic carbocycles. The largest absolute Gasteiger partial charge is 0.491 e. The summed E-state index contributed by atoms with van der Waals surface area (Å²) in [6.45, 7) is 2.62. The van der Waals surface area contributed by atoms with E-state index in [4.69, 9.17) is 10.5 Å². The van der Waals surface area contributed by atoms with Gasteiger partial charge in [-0.05, 0) is 19.2 Å². The summed E-state index contributed by atoms with van der Waals surface area (Å²) in [4.78, 5) is 22.6. The smallest absolute Gasteiger partial charge is 0.228 e. The standard InChI is InChI=1S/C14H21N3O3/c1-10(9-16-2)14(19)17-11-5-3-4-6-12(11)20-8-7-13(15)18/h3-6,10,16H,7-9H2,1-2H3,(H2,15,18)(H,17,19). The Hall–Kier alpha value is -2.08. The van der Waals surface area contributed by atoms with Crippen molar-refractivity contribution in [2.45, 2.75) is 13.3 Å². The highest BCUT2D eigenvalue weighted by Gasteiger charge is 2.14. The molecule has 0 aliphatic heterocycles. The Bertz CT molecular complexity index is 463. The van der Waals surface area contributed by atoms with Gasteiger partial charge in [-0.15, -0.1) is 0 Å². The lowest BCUT2D eigenvalue weighted by atomic mass is 10.1. The Labute approximate surface area is 118 Å². The average Bonchev–Trinajstić information content (AvgIpc) is 2.40. The van der Waals surface area contributed by atoms with E-state index >= 15 is 0 Å². The molecule has 2 amide bonds. The molecule has 20 heavy (non-hydrogen) atoms. The van der Waals surface area contributed by atoms with E-state index in [2.05, 4.69) is 10.6 Å². The van der Waals surface area contributed by atoms with E-state index in [0.29, 0.717) is 18.0 Å². The van der Waals surface area contributed by atoms with Crippen LogP contribution in [0.25, 0.3) is 0 Å². The van der Waals surface area contributed by atoms with Gasteiger partial charge < -0.3 is 21.1 Å². The molecule has 0 radical (unpaired) electrons. The predicted molar refractivity (Wildman–Crippen MR) is 77.5 cm³/mol. The van der Waals surface area contributed by atoms with Crippen LogP contribution in [0, 0.1) is 5.92 Å². The first kappa shape index (κ1) is 16.0. The van der Waals surface area contributed by atoms with Gasteiger partial charge in [0.05, 0.1) is 18.7 Å². The van der Waals surface area contributed by atoms with E-state index in [1.165, 1.54) is 0 Å². The maximum atomic E-state index is 12.0. The number of carbonyl (C=O) groups excluding carboxylic acids is 2. The van der Waals surface area contributed by atoms with E-state index in [0.717, 1.165) is 0 Å². The lowest BCUT2D eigenvalue weighted by Gasteiger charge is -2.15. The highest BCUT2D eigenvalue weighted by atomic mass is 16.5. The first-order valence-electron chi connectivity index (χ1n) is 6.50. The molecule has 1 unspecified atom stereocenters. The molecular formula is C14H21N3O3. The number of rotatable bonds is 8. The Morgan fingerprint density at radius 1 is 1.35 bits per heavy atom. The molecule has 1 rings (SSSR count). The van der Waals surface area contributed by atoms with Crippen LogP contribution in [0.3, 0.4) is 0 Å². The Morgan fingerprint density at radius 3 is 2.70 bits per heavy atom. The minimum Gasteiger partial charge on any atom is -0.491 e. The average molecular weight is 279 g/mol. The number of nitrogens with one attached hydrogen (secondary N) is 2. The minimum atomic E-state index is -0.422. The van der Waals surface area contributed by atoms with Gasteiger partial charge >= 0.3 is 0 Å². The number of hydrogen-bond donors (Lipinski definition) is 3. The summed E-state index contributed by atoms with van der Waals surface area (Å²) in [5, 5.41) is 5.77. The molecule has 1 atom stereocenters. The minimum absolute atomic E-state index is 0.0923. The zero-order valence-electron chi connectivity index (χ0n) is 11.8. The zero-order valence-corrected chi connectivity index (χ0v) is 11.8. The van der Waals surface area contributed by atoms with Gasteiger partial charge in [-0.2, -0.15) is 0 Å². The van der Waals surface area contributed by atoms with Crippen molar-refractivity contribution in [2.24, 2.45) is 11.7 Å². The lowest BCUT2D eigenvalue weighted by Crippen LogP contribution is -2.28. The number of para-hydroxylation sites is 2. The number of hydrogen-bond acceptors (Lipinski definition) is 4. The summed E-state index contributed by atoms with van der Waals surface area (Å²) in [5.74, 6) is -0.142. The van der Waals surface area contributed by atoms with E-state index in [-0.39, 0.29) is 24.9 Å². The molecule has 0 saturated carbocycles. The van der Waals surface area contributed by atoms with Crippen molar-refractivity contribution in [2.75, 3.05) is 25.5 Å². The van der Waals surface area contributed by atoms with Crippen LogP contribution in [0.1, 0.15) is 13.3 Å². The van der Waals surface area contributed by atoms with Crippen LogP contribution in [0.15, 0.2) is 24.3 Å². The first-order valence-corrected chi connectivity index (χ1v) is 6.50. The first-order chi connectivity index (χ1) is 9.54. The molecule has 0 spiro atoms. The molecule has 0 bridgehead atoms. The van der Waals surface area contributed by atoms with Gasteiger partial charge in [-0.3, -0.25) is 9.59 Å². The van der Waals surface area contributed by atoms with Crippen molar-refractivity contribution in [1.29, 1.82) is 0 Å². The lowest BCUT2D eigenvalue weighted by molar-refractivity contribution is -0.119. The second-order valence-corrected chi connectivity index (χ2v) is 4.51. The third kappa shape index (κ3) is 5.27. The fraction of sp³-hybridized carbons (Fsp3) is 0.429. The number of benzene rings is 1.